The van der Waals surface area contributed by atoms with E-state index in [9.17, 15) is 0 Å². The van der Waals surface area contributed by atoms with E-state index in [0.717, 1.165) is 99.8 Å². The van der Waals surface area contributed by atoms with Crippen molar-refractivity contribution in [2.45, 2.75) is 0 Å². The Hall–Kier alpha value is -7.37. The number of furan rings is 2. The van der Waals surface area contributed by atoms with Crippen LogP contribution in [0, 0.1) is 0 Å². The lowest BCUT2D eigenvalue weighted by atomic mass is 9.99. The van der Waals surface area contributed by atoms with E-state index in [1.165, 1.54) is 10.8 Å². The van der Waals surface area contributed by atoms with Gasteiger partial charge in [0.15, 0.2) is 0 Å². The molecule has 4 aromatic heterocycles. The Balaban J connectivity index is 1.09. The van der Waals surface area contributed by atoms with Gasteiger partial charge in [-0.15, -0.1) is 0 Å². The van der Waals surface area contributed by atoms with Crippen molar-refractivity contribution in [3.05, 3.63) is 176 Å². The topological polar surface area (TPSA) is 49.0 Å². The summed E-state index contributed by atoms with van der Waals surface area (Å²) < 4.78 is 17.5. The highest BCUT2D eigenvalue weighted by molar-refractivity contribution is 6.18. The predicted octanol–water partition coefficient (Wildman–Crippen LogP) is 13.3. The molecule has 4 heterocycles. The second kappa shape index (κ2) is 11.1. The summed E-state index contributed by atoms with van der Waals surface area (Å²) in [4.78, 5) is 5.22. The standard InChI is InChI=1S/C49H29N3O2/c1-3-12-32(13-4-1)51-41-24-22-30(26-36(41)37-28-38-34-16-7-10-20-44(34)54-47(38)29-43(37)51)31-23-25-45-39(27-31)48-35(17-11-21-46(48)53-45)49-50-40-18-8-9-19-42(40)52(49)33-14-5-2-6-15-33/h1-29H. The zero-order chi connectivity index (χ0) is 35.3. The first-order chi connectivity index (χ1) is 26.8. The van der Waals surface area contributed by atoms with Crippen molar-refractivity contribution in [1.82, 2.24) is 14.1 Å². The first-order valence-electron chi connectivity index (χ1n) is 18.2. The number of benzene rings is 8. The van der Waals surface area contributed by atoms with Crippen molar-refractivity contribution in [2.75, 3.05) is 0 Å². The molecule has 0 saturated heterocycles. The van der Waals surface area contributed by atoms with E-state index in [4.69, 9.17) is 13.8 Å². The molecule has 5 nitrogen and oxygen atoms in total. The number of nitrogens with zero attached hydrogens (tertiary/aromatic N) is 3. The van der Waals surface area contributed by atoms with E-state index < -0.39 is 0 Å². The molecule has 0 fully saturated rings. The van der Waals surface area contributed by atoms with Gasteiger partial charge in [0.2, 0.25) is 0 Å². The van der Waals surface area contributed by atoms with Crippen LogP contribution in [0.15, 0.2) is 185 Å². The van der Waals surface area contributed by atoms with E-state index in [0.29, 0.717) is 0 Å². The minimum absolute atomic E-state index is 0.837. The first kappa shape index (κ1) is 29.2. The molecule has 12 aromatic rings. The van der Waals surface area contributed by atoms with E-state index in [-0.39, 0.29) is 0 Å². The van der Waals surface area contributed by atoms with Crippen LogP contribution in [0.2, 0.25) is 0 Å². The number of imidazole rings is 1. The summed E-state index contributed by atoms with van der Waals surface area (Å²) in [5.74, 6) is 0.884. The smallest absolute Gasteiger partial charge is 0.146 e. The van der Waals surface area contributed by atoms with Crippen molar-refractivity contribution in [1.29, 1.82) is 0 Å². The van der Waals surface area contributed by atoms with E-state index in [2.05, 4.69) is 161 Å². The fraction of sp³-hybridized carbons (Fsp3) is 0. The van der Waals surface area contributed by atoms with Crippen LogP contribution in [-0.4, -0.2) is 14.1 Å². The lowest BCUT2D eigenvalue weighted by molar-refractivity contribution is 0.668. The van der Waals surface area contributed by atoms with Crippen LogP contribution in [0.3, 0.4) is 0 Å². The number of fused-ring (bicyclic) bond motifs is 10. The Morgan fingerprint density at radius 3 is 1.87 bits per heavy atom. The van der Waals surface area contributed by atoms with E-state index in [1.807, 2.05) is 24.3 Å². The van der Waals surface area contributed by atoms with Crippen LogP contribution >= 0.6 is 0 Å². The summed E-state index contributed by atoms with van der Waals surface area (Å²) in [6.07, 6.45) is 0. The number of rotatable bonds is 4. The van der Waals surface area contributed by atoms with Gasteiger partial charge < -0.3 is 13.4 Å². The molecule has 12 rings (SSSR count). The maximum Gasteiger partial charge on any atom is 0.146 e. The third kappa shape index (κ3) is 4.18. The molecule has 0 aliphatic rings. The van der Waals surface area contributed by atoms with Crippen molar-refractivity contribution < 1.29 is 8.83 Å². The lowest BCUT2D eigenvalue weighted by Crippen LogP contribution is -1.97. The van der Waals surface area contributed by atoms with Gasteiger partial charge in [-0.2, -0.15) is 0 Å². The molecule has 8 aromatic carbocycles. The highest BCUT2D eigenvalue weighted by Crippen LogP contribution is 2.42. The predicted molar refractivity (Wildman–Crippen MR) is 221 cm³/mol. The molecule has 0 N–H and O–H groups in total. The van der Waals surface area contributed by atoms with Gasteiger partial charge >= 0.3 is 0 Å². The van der Waals surface area contributed by atoms with Gasteiger partial charge in [0.25, 0.3) is 0 Å². The Morgan fingerprint density at radius 1 is 0.370 bits per heavy atom. The molecule has 0 amide bonds. The highest BCUT2D eigenvalue weighted by Gasteiger charge is 2.21. The lowest BCUT2D eigenvalue weighted by Gasteiger charge is -2.10. The summed E-state index contributed by atoms with van der Waals surface area (Å²) >= 11 is 0. The van der Waals surface area contributed by atoms with Crippen molar-refractivity contribution in [3.8, 4) is 33.9 Å². The maximum absolute atomic E-state index is 6.52. The van der Waals surface area contributed by atoms with Gasteiger partial charge in [-0.05, 0) is 90.0 Å². The van der Waals surface area contributed by atoms with Crippen LogP contribution in [0.4, 0.5) is 0 Å². The van der Waals surface area contributed by atoms with Gasteiger partial charge in [0, 0.05) is 55.3 Å². The fourth-order valence-electron chi connectivity index (χ4n) is 8.51. The minimum atomic E-state index is 0.837. The molecular weight excluding hydrogens is 663 g/mol. The molecule has 0 bridgehead atoms. The number of aromatic nitrogens is 3. The second-order valence-electron chi connectivity index (χ2n) is 14.0. The molecule has 0 atom stereocenters. The van der Waals surface area contributed by atoms with Gasteiger partial charge in [0.1, 0.15) is 28.2 Å². The highest BCUT2D eigenvalue weighted by atomic mass is 16.3. The molecule has 0 unspecified atom stereocenters. The quantitative estimate of drug-likeness (QED) is 0.185. The molecule has 0 radical (unpaired) electrons. The van der Waals surface area contributed by atoms with Crippen LogP contribution < -0.4 is 0 Å². The van der Waals surface area contributed by atoms with E-state index in [1.54, 1.807) is 0 Å². The Labute approximate surface area is 308 Å². The summed E-state index contributed by atoms with van der Waals surface area (Å²) in [5, 5.41) is 6.73. The SMILES string of the molecule is c1ccc(-n2c(-c3cccc4oc5ccc(-c6ccc7c(c6)c6cc8c(cc6n7-c6ccccc6)oc6ccccc68)cc5c34)nc3ccccc32)cc1. The molecule has 0 saturated carbocycles. The molecule has 0 spiro atoms. The summed E-state index contributed by atoms with van der Waals surface area (Å²) in [6.45, 7) is 0. The minimum Gasteiger partial charge on any atom is -0.456 e. The molecule has 0 aliphatic carbocycles. The van der Waals surface area contributed by atoms with Crippen LogP contribution in [0.25, 0.3) is 111 Å². The average molecular weight is 692 g/mol. The molecular formula is C49H29N3O2. The molecule has 0 aliphatic heterocycles. The van der Waals surface area contributed by atoms with Gasteiger partial charge in [-0.3, -0.25) is 4.57 Å². The van der Waals surface area contributed by atoms with Crippen molar-refractivity contribution in [3.63, 3.8) is 0 Å². The zero-order valence-electron chi connectivity index (χ0n) is 28.9. The molecule has 5 heteroatoms. The summed E-state index contributed by atoms with van der Waals surface area (Å²) in [7, 11) is 0. The average Bonchev–Trinajstić information content (AvgIpc) is 3.99. The second-order valence-corrected chi connectivity index (χ2v) is 14.0. The van der Waals surface area contributed by atoms with E-state index >= 15 is 0 Å². The normalized spacial score (nSPS) is 12.1. The van der Waals surface area contributed by atoms with Gasteiger partial charge in [-0.25, -0.2) is 4.98 Å². The monoisotopic (exact) mass is 691 g/mol. The number of hydrogen-bond acceptors (Lipinski definition) is 3. The summed E-state index contributed by atoms with van der Waals surface area (Å²) in [5.41, 5.74) is 13.2. The fourth-order valence-corrected chi connectivity index (χ4v) is 8.51. The van der Waals surface area contributed by atoms with Crippen LogP contribution in [-0.2, 0) is 0 Å². The Bertz CT molecular complexity index is 3440. The summed E-state index contributed by atoms with van der Waals surface area (Å²) in [6, 6.07) is 61.8. The third-order valence-corrected chi connectivity index (χ3v) is 10.9. The molecule has 54 heavy (non-hydrogen) atoms. The van der Waals surface area contributed by atoms with Crippen molar-refractivity contribution >= 4 is 76.7 Å². The largest absolute Gasteiger partial charge is 0.456 e. The van der Waals surface area contributed by atoms with Crippen LogP contribution in [0.5, 0.6) is 0 Å². The third-order valence-electron chi connectivity index (χ3n) is 10.9. The zero-order valence-corrected chi connectivity index (χ0v) is 28.9. The number of hydrogen-bond donors (Lipinski definition) is 0. The van der Waals surface area contributed by atoms with Gasteiger partial charge in [0.05, 0.1) is 22.1 Å². The first-order valence-corrected chi connectivity index (χ1v) is 18.2. The van der Waals surface area contributed by atoms with Crippen molar-refractivity contribution in [2.24, 2.45) is 0 Å². The van der Waals surface area contributed by atoms with Gasteiger partial charge in [-0.1, -0.05) is 91.0 Å². The Kier molecular flexibility index (Phi) is 5.99. The maximum atomic E-state index is 6.52. The van der Waals surface area contributed by atoms with Crippen LogP contribution in [0.1, 0.15) is 0 Å². The Morgan fingerprint density at radius 2 is 1.02 bits per heavy atom. The number of para-hydroxylation sites is 5. The molecule has 252 valence electrons.